The van der Waals surface area contributed by atoms with Crippen molar-refractivity contribution in [3.8, 4) is 5.75 Å². The van der Waals surface area contributed by atoms with Gasteiger partial charge in [-0.1, -0.05) is 47.1 Å². The quantitative estimate of drug-likeness (QED) is 0.238. The molecular formula is C28H22ClN3O3S2. The summed E-state index contributed by atoms with van der Waals surface area (Å²) in [6, 6.07) is 17.1. The Hall–Kier alpha value is -3.59. The zero-order chi connectivity index (χ0) is 25.7. The number of hydrogen-bond donors (Lipinski definition) is 2. The van der Waals surface area contributed by atoms with Crippen LogP contribution in [-0.4, -0.2) is 21.1 Å². The molecule has 9 heteroatoms. The molecule has 3 aromatic heterocycles. The number of thiophene rings is 2. The summed E-state index contributed by atoms with van der Waals surface area (Å²) in [6.07, 6.45) is 1.90. The van der Waals surface area contributed by atoms with Crippen LogP contribution in [0, 0.1) is 13.8 Å². The third-order valence-electron chi connectivity index (χ3n) is 6.50. The number of anilines is 1. The molecule has 37 heavy (non-hydrogen) atoms. The Morgan fingerprint density at radius 3 is 2.76 bits per heavy atom. The van der Waals surface area contributed by atoms with Gasteiger partial charge in [0, 0.05) is 26.0 Å². The minimum atomic E-state index is -0.279. The van der Waals surface area contributed by atoms with Gasteiger partial charge in [-0.2, -0.15) is 0 Å². The Kier molecular flexibility index (Phi) is 6.03. The number of nitrogens with zero attached hydrogens (tertiary/aromatic N) is 2. The second kappa shape index (κ2) is 9.37. The molecule has 1 atom stereocenters. The van der Waals surface area contributed by atoms with Crippen LogP contribution in [0.1, 0.15) is 38.4 Å². The molecule has 0 radical (unpaired) electrons. The van der Waals surface area contributed by atoms with E-state index in [4.69, 9.17) is 16.1 Å². The van der Waals surface area contributed by atoms with Gasteiger partial charge in [0.15, 0.2) is 5.76 Å². The van der Waals surface area contributed by atoms with E-state index in [1.54, 1.807) is 54.7 Å². The summed E-state index contributed by atoms with van der Waals surface area (Å²) >= 11 is 10.1. The minimum absolute atomic E-state index is 0.146. The first-order valence-corrected chi connectivity index (χ1v) is 13.7. The first kappa shape index (κ1) is 23.8. The molecule has 0 saturated heterocycles. The average molecular weight is 548 g/mol. The van der Waals surface area contributed by atoms with Gasteiger partial charge in [0.05, 0.1) is 23.2 Å². The van der Waals surface area contributed by atoms with Crippen molar-refractivity contribution in [1.82, 2.24) is 10.1 Å². The topological polar surface area (TPSA) is 78.6 Å². The maximum Gasteiger partial charge on any atom is 0.257 e. The number of aryl methyl sites for hydroxylation is 2. The maximum atomic E-state index is 13.7. The summed E-state index contributed by atoms with van der Waals surface area (Å²) in [5, 5.41) is 21.2. The SMILES string of the molecule is Cc1noc(C)c1NC(=O)C1=CN(Cc2sc3ccccc3c2Cl)C(c2cccs2)c2cc(O)ccc21. The van der Waals surface area contributed by atoms with Gasteiger partial charge in [0.2, 0.25) is 0 Å². The van der Waals surface area contributed by atoms with E-state index in [9.17, 15) is 9.90 Å². The molecule has 6 nitrogen and oxygen atoms in total. The first-order valence-electron chi connectivity index (χ1n) is 11.6. The van der Waals surface area contributed by atoms with Gasteiger partial charge in [0.25, 0.3) is 5.91 Å². The van der Waals surface area contributed by atoms with Crippen molar-refractivity contribution in [3.63, 3.8) is 0 Å². The number of halogens is 1. The summed E-state index contributed by atoms with van der Waals surface area (Å²) < 4.78 is 6.35. The summed E-state index contributed by atoms with van der Waals surface area (Å²) in [4.78, 5) is 17.9. The fraction of sp³-hybridized carbons (Fsp3) is 0.143. The molecule has 5 aromatic rings. The number of nitrogens with one attached hydrogen (secondary N) is 1. The standard InChI is InChI=1S/C28H22ClN3O3S2/c1-15-26(16(2)35-31-15)30-28(34)21-13-32(14-24-25(29)19-6-3-4-7-22(19)37-24)27(23-8-5-11-36-23)20-12-17(33)9-10-18(20)21/h3-13,27,33H,14H2,1-2H3,(H,30,34). The van der Waals surface area contributed by atoms with Crippen molar-refractivity contribution < 1.29 is 14.4 Å². The highest BCUT2D eigenvalue weighted by Gasteiger charge is 2.33. The van der Waals surface area contributed by atoms with Crippen LogP contribution in [0.15, 0.2) is 70.7 Å². The van der Waals surface area contributed by atoms with Crippen LogP contribution in [0.5, 0.6) is 5.75 Å². The molecule has 1 aliphatic rings. The second-order valence-corrected chi connectivity index (χ2v) is 11.4. The lowest BCUT2D eigenvalue weighted by Gasteiger charge is -2.36. The van der Waals surface area contributed by atoms with E-state index in [0.717, 1.165) is 36.0 Å². The van der Waals surface area contributed by atoms with E-state index in [0.29, 0.717) is 29.3 Å². The summed E-state index contributed by atoms with van der Waals surface area (Å²) in [5.74, 6) is 0.407. The molecule has 186 valence electrons. The first-order chi connectivity index (χ1) is 17.9. The molecule has 0 saturated carbocycles. The number of hydrogen-bond acceptors (Lipinski definition) is 7. The molecule has 0 aliphatic carbocycles. The highest BCUT2D eigenvalue weighted by Crippen LogP contribution is 2.45. The van der Waals surface area contributed by atoms with Gasteiger partial charge in [-0.05, 0) is 54.6 Å². The van der Waals surface area contributed by atoms with Gasteiger partial charge in [-0.15, -0.1) is 22.7 Å². The number of amides is 1. The van der Waals surface area contributed by atoms with Crippen LogP contribution in [-0.2, 0) is 11.3 Å². The van der Waals surface area contributed by atoms with Gasteiger partial charge in [-0.25, -0.2) is 0 Å². The van der Waals surface area contributed by atoms with Gasteiger partial charge in [-0.3, -0.25) is 4.79 Å². The molecule has 2 N–H and O–H groups in total. The molecule has 0 spiro atoms. The number of aromatic nitrogens is 1. The Labute approximate surface area is 226 Å². The number of carbonyl (C=O) groups excluding carboxylic acids is 1. The average Bonchev–Trinajstić information content (AvgIpc) is 3.60. The Morgan fingerprint density at radius 1 is 1.19 bits per heavy atom. The predicted molar refractivity (Wildman–Crippen MR) is 149 cm³/mol. The summed E-state index contributed by atoms with van der Waals surface area (Å²) in [7, 11) is 0. The van der Waals surface area contributed by atoms with E-state index in [1.807, 2.05) is 35.8 Å². The largest absolute Gasteiger partial charge is 0.508 e. The fourth-order valence-electron chi connectivity index (χ4n) is 4.77. The number of carbonyl (C=O) groups is 1. The Morgan fingerprint density at radius 2 is 2.03 bits per heavy atom. The second-order valence-electron chi connectivity index (χ2n) is 8.89. The van der Waals surface area contributed by atoms with Crippen LogP contribution in [0.25, 0.3) is 15.7 Å². The lowest BCUT2D eigenvalue weighted by atomic mass is 9.89. The number of phenolic OH excluding ortho intramolecular Hbond substituents is 1. The van der Waals surface area contributed by atoms with Gasteiger partial charge in [0.1, 0.15) is 17.1 Å². The highest BCUT2D eigenvalue weighted by atomic mass is 35.5. The maximum absolute atomic E-state index is 13.7. The molecule has 4 heterocycles. The fourth-order valence-corrected chi connectivity index (χ4v) is 7.13. The molecule has 0 fully saturated rings. The summed E-state index contributed by atoms with van der Waals surface area (Å²) in [5.41, 5.74) is 3.27. The predicted octanol–water partition coefficient (Wildman–Crippen LogP) is 7.51. The molecule has 6 rings (SSSR count). The molecular weight excluding hydrogens is 526 g/mol. The van der Waals surface area contributed by atoms with E-state index in [2.05, 4.69) is 27.5 Å². The molecule has 1 unspecified atom stereocenters. The number of benzene rings is 2. The minimum Gasteiger partial charge on any atom is -0.508 e. The van der Waals surface area contributed by atoms with E-state index < -0.39 is 0 Å². The van der Waals surface area contributed by atoms with E-state index in [-0.39, 0.29) is 17.7 Å². The van der Waals surface area contributed by atoms with Crippen LogP contribution >= 0.6 is 34.3 Å². The van der Waals surface area contributed by atoms with Crippen molar-refractivity contribution in [1.29, 1.82) is 0 Å². The smallest absolute Gasteiger partial charge is 0.257 e. The highest BCUT2D eigenvalue weighted by molar-refractivity contribution is 7.19. The number of rotatable bonds is 5. The van der Waals surface area contributed by atoms with Crippen molar-refractivity contribution in [2.45, 2.75) is 26.4 Å². The van der Waals surface area contributed by atoms with E-state index >= 15 is 0 Å². The Balaban J connectivity index is 1.48. The molecule has 1 aliphatic heterocycles. The van der Waals surface area contributed by atoms with Gasteiger partial charge >= 0.3 is 0 Å². The number of fused-ring (bicyclic) bond motifs is 2. The molecule has 2 aromatic carbocycles. The van der Waals surface area contributed by atoms with Crippen LogP contribution < -0.4 is 5.32 Å². The zero-order valence-corrected chi connectivity index (χ0v) is 22.4. The van der Waals surface area contributed by atoms with E-state index in [1.165, 1.54) is 0 Å². The van der Waals surface area contributed by atoms with Crippen molar-refractivity contribution in [3.05, 3.63) is 104 Å². The Bertz CT molecular complexity index is 1650. The number of aromatic hydroxyl groups is 1. The zero-order valence-electron chi connectivity index (χ0n) is 20.0. The lowest BCUT2D eigenvalue weighted by molar-refractivity contribution is -0.111. The summed E-state index contributed by atoms with van der Waals surface area (Å²) in [6.45, 7) is 4.05. The van der Waals surface area contributed by atoms with Crippen molar-refractivity contribution >= 4 is 61.5 Å². The molecule has 0 bridgehead atoms. The van der Waals surface area contributed by atoms with Crippen molar-refractivity contribution in [2.75, 3.05) is 5.32 Å². The monoisotopic (exact) mass is 547 g/mol. The van der Waals surface area contributed by atoms with Crippen molar-refractivity contribution in [2.24, 2.45) is 0 Å². The number of phenols is 1. The van der Waals surface area contributed by atoms with Crippen LogP contribution in [0.3, 0.4) is 0 Å². The third-order valence-corrected chi connectivity index (χ3v) is 9.13. The third kappa shape index (κ3) is 4.21. The lowest BCUT2D eigenvalue weighted by Crippen LogP contribution is -2.30. The van der Waals surface area contributed by atoms with Crippen LogP contribution in [0.2, 0.25) is 5.02 Å². The molecule has 1 amide bonds. The normalized spacial score (nSPS) is 15.1. The van der Waals surface area contributed by atoms with Gasteiger partial charge < -0.3 is 19.8 Å². The van der Waals surface area contributed by atoms with Crippen LogP contribution in [0.4, 0.5) is 5.69 Å².